The molecule has 0 atom stereocenters. The van der Waals surface area contributed by atoms with Gasteiger partial charge in [0.1, 0.15) is 0 Å². The van der Waals surface area contributed by atoms with Gasteiger partial charge in [-0.15, -0.1) is 0 Å². The molecule has 100 valence electrons. The number of aromatic amines is 1. The van der Waals surface area contributed by atoms with Crippen molar-refractivity contribution in [1.29, 1.82) is 0 Å². The van der Waals surface area contributed by atoms with Crippen LogP contribution in [-0.2, 0) is 11.3 Å². The molecule has 2 N–H and O–H groups in total. The predicted molar refractivity (Wildman–Crippen MR) is 73.2 cm³/mol. The van der Waals surface area contributed by atoms with Crippen molar-refractivity contribution in [3.05, 3.63) is 46.8 Å². The van der Waals surface area contributed by atoms with Crippen LogP contribution in [0, 0.1) is 13.8 Å². The first-order valence-corrected chi connectivity index (χ1v) is 6.03. The van der Waals surface area contributed by atoms with Crippen LogP contribution in [0.2, 0.25) is 0 Å². The summed E-state index contributed by atoms with van der Waals surface area (Å²) >= 11 is 0. The molecule has 0 bridgehead atoms. The maximum Gasteiger partial charge on any atom is 0.338 e. The number of benzene rings is 1. The van der Waals surface area contributed by atoms with Crippen LogP contribution in [0.4, 0.5) is 5.69 Å². The normalized spacial score (nSPS) is 10.3. The zero-order valence-electron chi connectivity index (χ0n) is 11.3. The number of aromatic nitrogens is 2. The fraction of sp³-hybridized carbons (Fsp3) is 0.286. The van der Waals surface area contributed by atoms with Crippen LogP contribution >= 0.6 is 0 Å². The summed E-state index contributed by atoms with van der Waals surface area (Å²) in [6.07, 6.45) is 1.71. The van der Waals surface area contributed by atoms with Gasteiger partial charge in [0.2, 0.25) is 0 Å². The molecule has 0 spiro atoms. The fourth-order valence-electron chi connectivity index (χ4n) is 1.86. The van der Waals surface area contributed by atoms with Gasteiger partial charge < -0.3 is 10.1 Å². The van der Waals surface area contributed by atoms with Crippen LogP contribution in [0.15, 0.2) is 24.4 Å². The molecule has 0 aliphatic heterocycles. The number of aryl methyl sites for hydroxylation is 1. The zero-order chi connectivity index (χ0) is 13.8. The Balaban J connectivity index is 2.21. The number of nitrogens with one attached hydrogen (secondary N) is 2. The molecular formula is C14H17N3O2. The van der Waals surface area contributed by atoms with E-state index >= 15 is 0 Å². The van der Waals surface area contributed by atoms with E-state index < -0.39 is 0 Å². The lowest BCUT2D eigenvalue weighted by Gasteiger charge is -2.12. The molecule has 5 heteroatoms. The Hall–Kier alpha value is -2.30. The number of carbonyl (C=O) groups excluding carboxylic acids is 1. The minimum atomic E-state index is -0.314. The number of rotatable bonds is 4. The molecule has 2 aromatic rings. The van der Waals surface area contributed by atoms with Crippen LogP contribution in [0.25, 0.3) is 0 Å². The smallest absolute Gasteiger partial charge is 0.338 e. The van der Waals surface area contributed by atoms with Crippen LogP contribution < -0.4 is 5.32 Å². The van der Waals surface area contributed by atoms with Crippen LogP contribution in [0.1, 0.15) is 27.2 Å². The Morgan fingerprint density at radius 1 is 1.42 bits per heavy atom. The van der Waals surface area contributed by atoms with Crippen LogP contribution in [-0.4, -0.2) is 23.3 Å². The third kappa shape index (κ3) is 2.93. The Morgan fingerprint density at radius 3 is 2.84 bits per heavy atom. The fourth-order valence-corrected chi connectivity index (χ4v) is 1.86. The molecule has 0 saturated heterocycles. The van der Waals surface area contributed by atoms with Gasteiger partial charge in [-0.05, 0) is 43.2 Å². The third-order valence-electron chi connectivity index (χ3n) is 3.11. The SMILES string of the molecule is COC(=O)c1cc(NCc2ccn[nH]2)cc(C)c1C. The highest BCUT2D eigenvalue weighted by Gasteiger charge is 2.12. The second-order valence-electron chi connectivity index (χ2n) is 4.39. The molecule has 0 fully saturated rings. The van der Waals surface area contributed by atoms with Crippen molar-refractivity contribution in [2.45, 2.75) is 20.4 Å². The first-order valence-electron chi connectivity index (χ1n) is 6.03. The molecule has 0 radical (unpaired) electrons. The molecule has 2 rings (SSSR count). The van der Waals surface area contributed by atoms with Gasteiger partial charge in [0, 0.05) is 11.9 Å². The number of hydrogen-bond donors (Lipinski definition) is 2. The van der Waals surface area contributed by atoms with Gasteiger partial charge in [0.05, 0.1) is 24.9 Å². The summed E-state index contributed by atoms with van der Waals surface area (Å²) in [7, 11) is 1.39. The van der Waals surface area contributed by atoms with Gasteiger partial charge in [0.25, 0.3) is 0 Å². The minimum absolute atomic E-state index is 0.314. The first kappa shape index (κ1) is 13.1. The van der Waals surface area contributed by atoms with E-state index in [4.69, 9.17) is 4.74 Å². The Kier molecular flexibility index (Phi) is 3.85. The minimum Gasteiger partial charge on any atom is -0.465 e. The van der Waals surface area contributed by atoms with E-state index in [0.29, 0.717) is 12.1 Å². The van der Waals surface area contributed by atoms with E-state index in [1.54, 1.807) is 6.20 Å². The van der Waals surface area contributed by atoms with Gasteiger partial charge in [-0.2, -0.15) is 5.10 Å². The molecule has 0 amide bonds. The zero-order valence-corrected chi connectivity index (χ0v) is 11.3. The molecule has 19 heavy (non-hydrogen) atoms. The Bertz CT molecular complexity index is 577. The molecule has 0 unspecified atom stereocenters. The average Bonchev–Trinajstić information content (AvgIpc) is 2.92. The second-order valence-corrected chi connectivity index (χ2v) is 4.39. The lowest BCUT2D eigenvalue weighted by molar-refractivity contribution is 0.0600. The number of methoxy groups -OCH3 is 1. The molecular weight excluding hydrogens is 242 g/mol. The standard InChI is InChI=1S/C14H17N3O2/c1-9-6-12(15-8-11-4-5-16-17-11)7-13(10(9)2)14(18)19-3/h4-7,15H,8H2,1-3H3,(H,16,17). The first-order chi connectivity index (χ1) is 9.11. The molecule has 0 aliphatic carbocycles. The summed E-state index contributed by atoms with van der Waals surface area (Å²) in [5.41, 5.74) is 4.46. The Morgan fingerprint density at radius 2 is 2.21 bits per heavy atom. The monoisotopic (exact) mass is 259 g/mol. The van der Waals surface area contributed by atoms with Crippen molar-refractivity contribution in [3.63, 3.8) is 0 Å². The molecule has 1 heterocycles. The van der Waals surface area contributed by atoms with Crippen molar-refractivity contribution in [3.8, 4) is 0 Å². The van der Waals surface area contributed by atoms with E-state index in [9.17, 15) is 4.79 Å². The van der Waals surface area contributed by atoms with Crippen molar-refractivity contribution >= 4 is 11.7 Å². The number of H-pyrrole nitrogens is 1. The summed E-state index contributed by atoms with van der Waals surface area (Å²) in [4.78, 5) is 11.7. The van der Waals surface area contributed by atoms with Crippen LogP contribution in [0.3, 0.4) is 0 Å². The molecule has 0 aliphatic rings. The van der Waals surface area contributed by atoms with Crippen LogP contribution in [0.5, 0.6) is 0 Å². The highest BCUT2D eigenvalue weighted by Crippen LogP contribution is 2.21. The molecule has 1 aromatic carbocycles. The summed E-state index contributed by atoms with van der Waals surface area (Å²) < 4.78 is 4.79. The van der Waals surface area contributed by atoms with Crippen molar-refractivity contribution in [1.82, 2.24) is 10.2 Å². The lowest BCUT2D eigenvalue weighted by atomic mass is 10.0. The number of esters is 1. The maximum absolute atomic E-state index is 11.7. The van der Waals surface area contributed by atoms with Gasteiger partial charge in [-0.25, -0.2) is 4.79 Å². The van der Waals surface area contributed by atoms with E-state index in [-0.39, 0.29) is 5.97 Å². The highest BCUT2D eigenvalue weighted by molar-refractivity contribution is 5.92. The number of nitrogens with zero attached hydrogens (tertiary/aromatic N) is 1. The second kappa shape index (κ2) is 5.56. The van der Waals surface area contributed by atoms with E-state index in [1.807, 2.05) is 32.0 Å². The van der Waals surface area contributed by atoms with Crippen molar-refractivity contribution in [2.24, 2.45) is 0 Å². The maximum atomic E-state index is 11.7. The summed E-state index contributed by atoms with van der Waals surface area (Å²) in [6.45, 7) is 4.52. The molecule has 1 aromatic heterocycles. The van der Waals surface area contributed by atoms with E-state index in [2.05, 4.69) is 15.5 Å². The number of carbonyl (C=O) groups is 1. The van der Waals surface area contributed by atoms with Gasteiger partial charge in [0.15, 0.2) is 0 Å². The predicted octanol–water partition coefficient (Wildman–Crippen LogP) is 2.43. The summed E-state index contributed by atoms with van der Waals surface area (Å²) in [5.74, 6) is -0.314. The van der Waals surface area contributed by atoms with E-state index in [1.165, 1.54) is 7.11 Å². The quantitative estimate of drug-likeness (QED) is 0.827. The molecule has 0 saturated carbocycles. The Labute approximate surface area is 112 Å². The summed E-state index contributed by atoms with van der Waals surface area (Å²) in [5, 5.41) is 10.0. The lowest BCUT2D eigenvalue weighted by Crippen LogP contribution is -2.07. The highest BCUT2D eigenvalue weighted by atomic mass is 16.5. The number of ether oxygens (including phenoxy) is 1. The average molecular weight is 259 g/mol. The largest absolute Gasteiger partial charge is 0.465 e. The third-order valence-corrected chi connectivity index (χ3v) is 3.11. The number of hydrogen-bond acceptors (Lipinski definition) is 4. The topological polar surface area (TPSA) is 67.0 Å². The van der Waals surface area contributed by atoms with E-state index in [0.717, 1.165) is 22.5 Å². The van der Waals surface area contributed by atoms with Crippen molar-refractivity contribution in [2.75, 3.05) is 12.4 Å². The van der Waals surface area contributed by atoms with Gasteiger partial charge in [-0.3, -0.25) is 5.10 Å². The number of anilines is 1. The molecule has 5 nitrogen and oxygen atoms in total. The van der Waals surface area contributed by atoms with Gasteiger partial charge >= 0.3 is 5.97 Å². The van der Waals surface area contributed by atoms with Gasteiger partial charge in [-0.1, -0.05) is 0 Å². The summed E-state index contributed by atoms with van der Waals surface area (Å²) in [6, 6.07) is 5.72. The van der Waals surface area contributed by atoms with Crippen molar-refractivity contribution < 1.29 is 9.53 Å².